The van der Waals surface area contributed by atoms with Gasteiger partial charge in [-0.25, -0.2) is 9.59 Å². The lowest BCUT2D eigenvalue weighted by Crippen LogP contribution is -2.49. The quantitative estimate of drug-likeness (QED) is 0.336. The van der Waals surface area contributed by atoms with Crippen LogP contribution in [0.1, 0.15) is 85.9 Å². The Morgan fingerprint density at radius 3 is 1.50 bits per heavy atom. The van der Waals surface area contributed by atoms with Crippen molar-refractivity contribution in [3.05, 3.63) is 59.7 Å². The van der Waals surface area contributed by atoms with E-state index in [0.29, 0.717) is 17.7 Å². The summed E-state index contributed by atoms with van der Waals surface area (Å²) >= 11 is 0. The van der Waals surface area contributed by atoms with Gasteiger partial charge >= 0.3 is 12.0 Å². The van der Waals surface area contributed by atoms with E-state index in [9.17, 15) is 14.4 Å². The molecule has 2 aromatic rings. The fourth-order valence-corrected chi connectivity index (χ4v) is 5.10. The predicted octanol–water partition coefficient (Wildman–Crippen LogP) is 5.45. The standard InChI is InChI=1S/C30H38N2O6/c1-3-36-29(34)22-6-14-26(15-7-22)38-28-18-10-24(11-19-28)32-30(35)31-23-8-16-27(17-9-23)37-25-12-4-21(5-13-25)20(2)33/h4-7,12-15,23-24,27-28H,3,8-11,16-19H2,1-2H3,(H2,31,32,35). The molecule has 2 fully saturated rings. The number of carbonyl (C=O) groups excluding carboxylic acids is 3. The van der Waals surface area contributed by atoms with Gasteiger partial charge in [0.1, 0.15) is 11.5 Å². The summed E-state index contributed by atoms with van der Waals surface area (Å²) in [6.45, 7) is 3.69. The van der Waals surface area contributed by atoms with Gasteiger partial charge in [-0.3, -0.25) is 4.79 Å². The van der Waals surface area contributed by atoms with Crippen LogP contribution in [0.15, 0.2) is 48.5 Å². The second-order valence-electron chi connectivity index (χ2n) is 10.1. The molecule has 0 spiro atoms. The summed E-state index contributed by atoms with van der Waals surface area (Å²) in [7, 11) is 0. The van der Waals surface area contributed by atoms with Crippen molar-refractivity contribution >= 4 is 17.8 Å². The number of ether oxygens (including phenoxy) is 3. The molecule has 2 amide bonds. The molecule has 2 aliphatic rings. The van der Waals surface area contributed by atoms with E-state index in [-0.39, 0.29) is 42.1 Å². The molecule has 4 rings (SSSR count). The van der Waals surface area contributed by atoms with E-state index < -0.39 is 0 Å². The maximum absolute atomic E-state index is 12.6. The number of benzene rings is 2. The third-order valence-corrected chi connectivity index (χ3v) is 7.25. The third-order valence-electron chi connectivity index (χ3n) is 7.25. The molecule has 0 radical (unpaired) electrons. The molecule has 0 aromatic heterocycles. The van der Waals surface area contributed by atoms with Crippen molar-refractivity contribution in [2.45, 2.75) is 89.5 Å². The lowest BCUT2D eigenvalue weighted by Gasteiger charge is -2.32. The maximum atomic E-state index is 12.6. The molecule has 2 aliphatic carbocycles. The topological polar surface area (TPSA) is 103 Å². The molecule has 0 unspecified atom stereocenters. The summed E-state index contributed by atoms with van der Waals surface area (Å²) < 4.78 is 17.2. The van der Waals surface area contributed by atoms with Crippen LogP contribution in [0.3, 0.4) is 0 Å². The molecule has 0 heterocycles. The van der Waals surface area contributed by atoms with Crippen molar-refractivity contribution in [3.63, 3.8) is 0 Å². The monoisotopic (exact) mass is 522 g/mol. The number of nitrogens with one attached hydrogen (secondary N) is 2. The van der Waals surface area contributed by atoms with E-state index in [1.165, 1.54) is 0 Å². The van der Waals surface area contributed by atoms with Gasteiger partial charge < -0.3 is 24.8 Å². The lowest BCUT2D eigenvalue weighted by atomic mass is 9.92. The summed E-state index contributed by atoms with van der Waals surface area (Å²) in [6.07, 6.45) is 7.17. The number of hydrogen-bond acceptors (Lipinski definition) is 6. The smallest absolute Gasteiger partial charge is 0.338 e. The van der Waals surface area contributed by atoms with E-state index in [4.69, 9.17) is 14.2 Å². The van der Waals surface area contributed by atoms with Crippen LogP contribution in [-0.4, -0.2) is 48.7 Å². The largest absolute Gasteiger partial charge is 0.490 e. The predicted molar refractivity (Wildman–Crippen MR) is 144 cm³/mol. The number of carbonyl (C=O) groups is 3. The summed E-state index contributed by atoms with van der Waals surface area (Å²) in [6, 6.07) is 14.5. The molecule has 0 aliphatic heterocycles. The molecular weight excluding hydrogens is 484 g/mol. The Bertz CT molecular complexity index is 1070. The summed E-state index contributed by atoms with van der Waals surface area (Å²) in [4.78, 5) is 35.8. The highest BCUT2D eigenvalue weighted by molar-refractivity contribution is 5.94. The fourth-order valence-electron chi connectivity index (χ4n) is 5.10. The highest BCUT2D eigenvalue weighted by Gasteiger charge is 2.27. The second kappa shape index (κ2) is 13.3. The van der Waals surface area contributed by atoms with Gasteiger partial charge in [0, 0.05) is 17.6 Å². The van der Waals surface area contributed by atoms with Crippen molar-refractivity contribution in [2.24, 2.45) is 0 Å². The molecule has 8 nitrogen and oxygen atoms in total. The minimum absolute atomic E-state index is 0.0435. The van der Waals surface area contributed by atoms with Crippen LogP contribution in [0.25, 0.3) is 0 Å². The van der Waals surface area contributed by atoms with Crippen molar-refractivity contribution in [2.75, 3.05) is 6.61 Å². The normalized spacial score (nSPS) is 23.1. The number of urea groups is 1. The van der Waals surface area contributed by atoms with Gasteiger partial charge in [0.2, 0.25) is 0 Å². The minimum Gasteiger partial charge on any atom is -0.490 e. The number of esters is 1. The summed E-state index contributed by atoms with van der Waals surface area (Å²) in [5, 5.41) is 6.26. The average Bonchev–Trinajstić information content (AvgIpc) is 2.92. The molecule has 0 atom stereocenters. The molecule has 0 bridgehead atoms. The Kier molecular flexibility index (Phi) is 9.62. The number of hydrogen-bond donors (Lipinski definition) is 2. The van der Waals surface area contributed by atoms with Gasteiger partial charge in [0.15, 0.2) is 5.78 Å². The van der Waals surface area contributed by atoms with Crippen LogP contribution in [-0.2, 0) is 4.74 Å². The van der Waals surface area contributed by atoms with Crippen LogP contribution in [0, 0.1) is 0 Å². The Morgan fingerprint density at radius 1 is 0.684 bits per heavy atom. The zero-order chi connectivity index (χ0) is 26.9. The van der Waals surface area contributed by atoms with E-state index in [0.717, 1.165) is 62.9 Å². The van der Waals surface area contributed by atoms with E-state index in [1.807, 2.05) is 12.1 Å². The first-order chi connectivity index (χ1) is 18.4. The Morgan fingerprint density at radius 2 is 1.11 bits per heavy atom. The van der Waals surface area contributed by atoms with Crippen molar-refractivity contribution < 1.29 is 28.6 Å². The Labute approximate surface area is 224 Å². The molecule has 38 heavy (non-hydrogen) atoms. The lowest BCUT2D eigenvalue weighted by molar-refractivity contribution is 0.0526. The minimum atomic E-state index is -0.331. The molecule has 8 heteroatoms. The van der Waals surface area contributed by atoms with Crippen LogP contribution >= 0.6 is 0 Å². The Hall–Kier alpha value is -3.55. The third kappa shape index (κ3) is 7.97. The summed E-state index contributed by atoms with van der Waals surface area (Å²) in [5.74, 6) is 1.22. The zero-order valence-corrected chi connectivity index (χ0v) is 22.2. The Balaban J connectivity index is 1.12. The fraction of sp³-hybridized carbons (Fsp3) is 0.500. The maximum Gasteiger partial charge on any atom is 0.338 e. The van der Waals surface area contributed by atoms with Crippen LogP contribution in [0.5, 0.6) is 11.5 Å². The van der Waals surface area contributed by atoms with Crippen LogP contribution in [0.4, 0.5) is 4.79 Å². The average molecular weight is 523 g/mol. The van der Waals surface area contributed by atoms with Crippen LogP contribution < -0.4 is 20.1 Å². The first-order valence-electron chi connectivity index (χ1n) is 13.7. The first-order valence-corrected chi connectivity index (χ1v) is 13.7. The van der Waals surface area contributed by atoms with Crippen LogP contribution in [0.2, 0.25) is 0 Å². The highest BCUT2D eigenvalue weighted by atomic mass is 16.5. The second-order valence-corrected chi connectivity index (χ2v) is 10.1. The van der Waals surface area contributed by atoms with Gasteiger partial charge in [0.05, 0.1) is 24.4 Å². The first kappa shape index (κ1) is 27.5. The van der Waals surface area contributed by atoms with Crippen molar-refractivity contribution in [1.29, 1.82) is 0 Å². The van der Waals surface area contributed by atoms with E-state index >= 15 is 0 Å². The number of amides is 2. The molecule has 204 valence electrons. The van der Waals surface area contributed by atoms with E-state index in [1.54, 1.807) is 50.2 Å². The van der Waals surface area contributed by atoms with Gasteiger partial charge in [-0.2, -0.15) is 0 Å². The number of ketones is 1. The zero-order valence-electron chi connectivity index (χ0n) is 22.2. The van der Waals surface area contributed by atoms with Crippen molar-refractivity contribution in [3.8, 4) is 11.5 Å². The van der Waals surface area contributed by atoms with Gasteiger partial charge in [0.25, 0.3) is 0 Å². The highest BCUT2D eigenvalue weighted by Crippen LogP contribution is 2.26. The van der Waals surface area contributed by atoms with Gasteiger partial charge in [-0.05, 0) is 114 Å². The van der Waals surface area contributed by atoms with E-state index in [2.05, 4.69) is 10.6 Å². The molecule has 2 saturated carbocycles. The number of rotatable bonds is 9. The molecule has 0 saturated heterocycles. The van der Waals surface area contributed by atoms with Crippen molar-refractivity contribution in [1.82, 2.24) is 10.6 Å². The molecule has 2 aromatic carbocycles. The molecular formula is C30H38N2O6. The molecule has 2 N–H and O–H groups in total. The summed E-state index contributed by atoms with van der Waals surface area (Å²) in [5.41, 5.74) is 1.19. The SMILES string of the molecule is CCOC(=O)c1ccc(OC2CCC(NC(=O)NC3CCC(Oc4ccc(C(C)=O)cc4)CC3)CC2)cc1. The number of Topliss-reactive ketones (excluding diaryl/α,β-unsaturated/α-hetero) is 1. The van der Waals surface area contributed by atoms with Gasteiger partial charge in [-0.1, -0.05) is 0 Å². The van der Waals surface area contributed by atoms with Gasteiger partial charge in [-0.15, -0.1) is 0 Å².